The molecule has 214 valence electrons. The van der Waals surface area contributed by atoms with E-state index >= 15 is 0 Å². The van der Waals surface area contributed by atoms with Crippen molar-refractivity contribution in [1.29, 1.82) is 0 Å². The number of sulfone groups is 1. The molecule has 1 aromatic heterocycles. The first-order chi connectivity index (χ1) is 20.1. The van der Waals surface area contributed by atoms with Crippen molar-refractivity contribution in [1.82, 2.24) is 4.98 Å². The average molecular weight is 578 g/mol. The van der Waals surface area contributed by atoms with Crippen LogP contribution in [-0.2, 0) is 26.8 Å². The SMILES string of the molecule is CC(C)(c1cc(-c2cccc(COc3ccccc3C(O)(c3ccccc3)C3CC3)c2)c2ncccc2c1)S(C)(=O)=O. The molecule has 0 spiro atoms. The van der Waals surface area contributed by atoms with Crippen LogP contribution in [0.15, 0.2) is 109 Å². The van der Waals surface area contributed by atoms with E-state index in [0.29, 0.717) is 12.4 Å². The molecule has 1 unspecified atom stereocenters. The molecule has 1 aliphatic carbocycles. The summed E-state index contributed by atoms with van der Waals surface area (Å²) in [4.78, 5) is 4.65. The fraction of sp³-hybridized carbons (Fsp3) is 0.250. The summed E-state index contributed by atoms with van der Waals surface area (Å²) >= 11 is 0. The van der Waals surface area contributed by atoms with Gasteiger partial charge in [-0.15, -0.1) is 0 Å². The third kappa shape index (κ3) is 5.10. The normalized spacial score (nSPS) is 15.3. The number of nitrogens with zero attached hydrogens (tertiary/aromatic N) is 1. The number of pyridine rings is 1. The predicted octanol–water partition coefficient (Wildman–Crippen LogP) is 7.41. The van der Waals surface area contributed by atoms with Gasteiger partial charge in [-0.05, 0) is 85.2 Å². The predicted molar refractivity (Wildman–Crippen MR) is 168 cm³/mol. The third-order valence-electron chi connectivity index (χ3n) is 8.64. The van der Waals surface area contributed by atoms with Crippen molar-refractivity contribution < 1.29 is 18.3 Å². The van der Waals surface area contributed by atoms with E-state index in [0.717, 1.165) is 57.1 Å². The number of benzene rings is 4. The first-order valence-corrected chi connectivity index (χ1v) is 16.2. The largest absolute Gasteiger partial charge is 0.488 e. The summed E-state index contributed by atoms with van der Waals surface area (Å²) in [5.41, 5.74) is 4.82. The van der Waals surface area contributed by atoms with E-state index in [1.807, 2.05) is 97.1 Å². The van der Waals surface area contributed by atoms with Gasteiger partial charge >= 0.3 is 0 Å². The van der Waals surface area contributed by atoms with Gasteiger partial charge < -0.3 is 9.84 Å². The van der Waals surface area contributed by atoms with Crippen molar-refractivity contribution >= 4 is 20.7 Å². The number of para-hydroxylation sites is 1. The average Bonchev–Trinajstić information content (AvgIpc) is 3.86. The van der Waals surface area contributed by atoms with Crippen molar-refractivity contribution in [3.05, 3.63) is 132 Å². The fourth-order valence-corrected chi connectivity index (χ4v) is 6.22. The van der Waals surface area contributed by atoms with Crippen LogP contribution in [-0.4, -0.2) is 24.8 Å². The van der Waals surface area contributed by atoms with Crippen molar-refractivity contribution in [2.75, 3.05) is 6.26 Å². The minimum absolute atomic E-state index is 0.150. The molecule has 0 bridgehead atoms. The maximum absolute atomic E-state index is 12.7. The van der Waals surface area contributed by atoms with Gasteiger partial charge in [-0.2, -0.15) is 0 Å². The van der Waals surface area contributed by atoms with Crippen LogP contribution in [0.2, 0.25) is 0 Å². The summed E-state index contributed by atoms with van der Waals surface area (Å²) in [6.07, 6.45) is 4.97. The summed E-state index contributed by atoms with van der Waals surface area (Å²) < 4.78 is 30.7. The molecule has 4 aromatic carbocycles. The molecule has 1 heterocycles. The van der Waals surface area contributed by atoms with Crippen LogP contribution < -0.4 is 4.74 Å². The third-order valence-corrected chi connectivity index (χ3v) is 10.7. The Labute approximate surface area is 247 Å². The van der Waals surface area contributed by atoms with Gasteiger partial charge in [0.1, 0.15) is 18.0 Å². The molecule has 0 amide bonds. The van der Waals surface area contributed by atoms with E-state index in [2.05, 4.69) is 11.1 Å². The zero-order valence-electron chi connectivity index (χ0n) is 24.1. The van der Waals surface area contributed by atoms with Crippen LogP contribution in [0.4, 0.5) is 0 Å². The summed E-state index contributed by atoms with van der Waals surface area (Å²) in [6.45, 7) is 3.79. The van der Waals surface area contributed by atoms with E-state index in [-0.39, 0.29) is 5.92 Å². The van der Waals surface area contributed by atoms with Gasteiger partial charge in [0, 0.05) is 29.0 Å². The Balaban J connectivity index is 1.35. The summed E-state index contributed by atoms with van der Waals surface area (Å²) in [5.74, 6) is 0.808. The Kier molecular flexibility index (Phi) is 7.16. The van der Waals surface area contributed by atoms with Crippen LogP contribution in [0, 0.1) is 5.92 Å². The molecular formula is C36H35NO4S. The van der Waals surface area contributed by atoms with Crippen molar-refractivity contribution in [3.63, 3.8) is 0 Å². The molecule has 1 saturated carbocycles. The van der Waals surface area contributed by atoms with Crippen LogP contribution in [0.5, 0.6) is 5.75 Å². The van der Waals surface area contributed by atoms with E-state index < -0.39 is 20.2 Å². The Hall–Kier alpha value is -4.00. The summed E-state index contributed by atoms with van der Waals surface area (Å²) in [5, 5.41) is 13.0. The van der Waals surface area contributed by atoms with Gasteiger partial charge in [0.15, 0.2) is 9.84 Å². The topological polar surface area (TPSA) is 76.5 Å². The zero-order chi connectivity index (χ0) is 29.5. The minimum atomic E-state index is -3.37. The molecule has 6 rings (SSSR count). The summed E-state index contributed by atoms with van der Waals surface area (Å²) in [6, 6.07) is 33.4. The fourth-order valence-electron chi connectivity index (χ4n) is 5.68. The Morgan fingerprint density at radius 2 is 1.60 bits per heavy atom. The maximum atomic E-state index is 12.7. The summed E-state index contributed by atoms with van der Waals surface area (Å²) in [7, 11) is -3.37. The lowest BCUT2D eigenvalue weighted by molar-refractivity contribution is 0.0528. The van der Waals surface area contributed by atoms with E-state index in [4.69, 9.17) is 4.74 Å². The number of ether oxygens (including phenoxy) is 1. The molecule has 42 heavy (non-hydrogen) atoms. The van der Waals surface area contributed by atoms with E-state index in [1.54, 1.807) is 20.0 Å². The second kappa shape index (κ2) is 10.7. The first kappa shape index (κ1) is 28.1. The molecule has 5 aromatic rings. The molecule has 1 aliphatic rings. The molecule has 0 radical (unpaired) electrons. The number of fused-ring (bicyclic) bond motifs is 1. The van der Waals surface area contributed by atoms with Crippen molar-refractivity contribution in [3.8, 4) is 16.9 Å². The van der Waals surface area contributed by atoms with Crippen LogP contribution in [0.1, 0.15) is 48.9 Å². The number of aromatic nitrogens is 1. The van der Waals surface area contributed by atoms with E-state index in [1.165, 1.54) is 6.26 Å². The monoisotopic (exact) mass is 577 g/mol. The molecule has 1 atom stereocenters. The number of hydrogen-bond acceptors (Lipinski definition) is 5. The van der Waals surface area contributed by atoms with Gasteiger partial charge in [-0.25, -0.2) is 8.42 Å². The van der Waals surface area contributed by atoms with Gasteiger partial charge in [-0.3, -0.25) is 4.98 Å². The lowest BCUT2D eigenvalue weighted by Gasteiger charge is -2.31. The second-order valence-electron chi connectivity index (χ2n) is 11.8. The van der Waals surface area contributed by atoms with Crippen LogP contribution in [0.25, 0.3) is 22.0 Å². The maximum Gasteiger partial charge on any atom is 0.156 e. The quantitative estimate of drug-likeness (QED) is 0.197. The molecule has 0 aliphatic heterocycles. The molecule has 1 N–H and O–H groups in total. The Morgan fingerprint density at radius 3 is 2.33 bits per heavy atom. The standard InChI is InChI=1S/C36H35NO4S/c1-35(2,42(3,39)40)30-22-27-13-10-20-37-34(27)31(23-30)26-12-9-11-25(21-26)24-41-33-17-8-7-16-32(33)36(38,29-18-19-29)28-14-5-4-6-15-28/h4-17,20-23,29,38H,18-19,24H2,1-3H3. The van der Waals surface area contributed by atoms with Crippen LogP contribution in [0.3, 0.4) is 0 Å². The molecular weight excluding hydrogens is 542 g/mol. The van der Waals surface area contributed by atoms with Gasteiger partial charge in [0.2, 0.25) is 0 Å². The van der Waals surface area contributed by atoms with Gasteiger partial charge in [-0.1, -0.05) is 72.8 Å². The van der Waals surface area contributed by atoms with Crippen LogP contribution >= 0.6 is 0 Å². The van der Waals surface area contributed by atoms with Gasteiger partial charge in [0.25, 0.3) is 0 Å². The molecule has 0 saturated heterocycles. The zero-order valence-corrected chi connectivity index (χ0v) is 24.9. The highest BCUT2D eigenvalue weighted by atomic mass is 32.2. The Bertz CT molecular complexity index is 1860. The number of aliphatic hydroxyl groups is 1. The molecule has 5 nitrogen and oxygen atoms in total. The molecule has 6 heteroatoms. The van der Waals surface area contributed by atoms with Gasteiger partial charge in [0.05, 0.1) is 10.3 Å². The smallest absolute Gasteiger partial charge is 0.156 e. The molecule has 1 fully saturated rings. The second-order valence-corrected chi connectivity index (χ2v) is 14.3. The van der Waals surface area contributed by atoms with E-state index in [9.17, 15) is 13.5 Å². The van der Waals surface area contributed by atoms with Crippen molar-refractivity contribution in [2.45, 2.75) is 43.6 Å². The first-order valence-electron chi connectivity index (χ1n) is 14.3. The number of rotatable bonds is 9. The highest BCUT2D eigenvalue weighted by molar-refractivity contribution is 7.91. The Morgan fingerprint density at radius 1 is 0.857 bits per heavy atom. The number of hydrogen-bond donors (Lipinski definition) is 1. The lowest BCUT2D eigenvalue weighted by Crippen LogP contribution is -2.30. The highest BCUT2D eigenvalue weighted by Crippen LogP contribution is 2.51. The highest BCUT2D eigenvalue weighted by Gasteiger charge is 2.47. The lowest BCUT2D eigenvalue weighted by atomic mass is 9.81. The van der Waals surface area contributed by atoms with Crippen molar-refractivity contribution in [2.24, 2.45) is 5.92 Å². The minimum Gasteiger partial charge on any atom is -0.488 e.